The lowest BCUT2D eigenvalue weighted by Gasteiger charge is -2.11. The number of nitrogens with one attached hydrogen (secondary N) is 1. The van der Waals surface area contributed by atoms with Crippen molar-refractivity contribution in [1.29, 1.82) is 0 Å². The molecule has 2 aromatic rings. The molecule has 0 aliphatic heterocycles. The SMILES string of the molecule is CNC(C)c1ccc(SCc2ccc(Br)cc2F)cc1. The van der Waals surface area contributed by atoms with Crippen LogP contribution in [0.2, 0.25) is 0 Å². The van der Waals surface area contributed by atoms with Gasteiger partial charge in [-0.25, -0.2) is 4.39 Å². The van der Waals surface area contributed by atoms with Gasteiger partial charge in [-0.2, -0.15) is 0 Å². The highest BCUT2D eigenvalue weighted by molar-refractivity contribution is 9.10. The van der Waals surface area contributed by atoms with Crippen LogP contribution in [0.4, 0.5) is 4.39 Å². The Balaban J connectivity index is 2.00. The van der Waals surface area contributed by atoms with Crippen molar-refractivity contribution in [3.05, 3.63) is 63.9 Å². The minimum absolute atomic E-state index is 0.160. The molecule has 0 fully saturated rings. The van der Waals surface area contributed by atoms with Gasteiger partial charge in [-0.15, -0.1) is 11.8 Å². The van der Waals surface area contributed by atoms with Crippen LogP contribution in [0.3, 0.4) is 0 Å². The molecule has 0 spiro atoms. The zero-order valence-corrected chi connectivity index (χ0v) is 13.9. The summed E-state index contributed by atoms with van der Waals surface area (Å²) in [6.07, 6.45) is 0. The van der Waals surface area contributed by atoms with Crippen molar-refractivity contribution in [3.8, 4) is 0 Å². The molecule has 2 aromatic carbocycles. The second kappa shape index (κ2) is 7.25. The van der Waals surface area contributed by atoms with E-state index in [1.165, 1.54) is 11.6 Å². The van der Waals surface area contributed by atoms with Crippen LogP contribution in [0.5, 0.6) is 0 Å². The summed E-state index contributed by atoms with van der Waals surface area (Å²) in [6.45, 7) is 2.12. The van der Waals surface area contributed by atoms with Gasteiger partial charge in [0.05, 0.1) is 0 Å². The number of halogens is 2. The van der Waals surface area contributed by atoms with Crippen molar-refractivity contribution in [3.63, 3.8) is 0 Å². The summed E-state index contributed by atoms with van der Waals surface area (Å²) in [6, 6.07) is 13.9. The quantitative estimate of drug-likeness (QED) is 0.745. The molecule has 0 saturated heterocycles. The van der Waals surface area contributed by atoms with Gasteiger partial charge >= 0.3 is 0 Å². The molecule has 1 atom stereocenters. The number of rotatable bonds is 5. The first-order valence-corrected chi connectivity index (χ1v) is 8.22. The standard InChI is InChI=1S/C16H17BrFNS/c1-11(19-2)12-4-7-15(8-5-12)20-10-13-3-6-14(17)9-16(13)18/h3-9,11,19H,10H2,1-2H3. The van der Waals surface area contributed by atoms with Crippen LogP contribution < -0.4 is 5.32 Å². The Morgan fingerprint density at radius 2 is 1.90 bits per heavy atom. The highest BCUT2D eigenvalue weighted by Crippen LogP contribution is 2.26. The summed E-state index contributed by atoms with van der Waals surface area (Å²) < 4.78 is 14.5. The topological polar surface area (TPSA) is 12.0 Å². The first kappa shape index (κ1) is 15.5. The molecule has 106 valence electrons. The van der Waals surface area contributed by atoms with Crippen molar-refractivity contribution in [2.45, 2.75) is 23.6 Å². The second-order valence-corrected chi connectivity index (χ2v) is 6.57. The summed E-state index contributed by atoms with van der Waals surface area (Å²) in [5, 5.41) is 3.21. The average Bonchev–Trinajstić information content (AvgIpc) is 2.46. The predicted octanol–water partition coefficient (Wildman–Crippen LogP) is 5.16. The highest BCUT2D eigenvalue weighted by atomic mass is 79.9. The fraction of sp³-hybridized carbons (Fsp3) is 0.250. The van der Waals surface area contributed by atoms with E-state index in [0.29, 0.717) is 11.8 Å². The maximum absolute atomic E-state index is 13.7. The van der Waals surface area contributed by atoms with Crippen LogP contribution in [0.15, 0.2) is 51.8 Å². The first-order valence-electron chi connectivity index (χ1n) is 6.44. The van der Waals surface area contributed by atoms with Gasteiger partial charge in [-0.3, -0.25) is 0 Å². The molecule has 0 aliphatic rings. The van der Waals surface area contributed by atoms with Crippen LogP contribution in [0, 0.1) is 5.82 Å². The Morgan fingerprint density at radius 1 is 1.20 bits per heavy atom. The molecule has 4 heteroatoms. The number of hydrogen-bond acceptors (Lipinski definition) is 2. The van der Waals surface area contributed by atoms with Crippen LogP contribution in [-0.4, -0.2) is 7.05 Å². The molecule has 0 aromatic heterocycles. The number of thioether (sulfide) groups is 1. The molecule has 1 nitrogen and oxygen atoms in total. The Labute approximate surface area is 132 Å². The van der Waals surface area contributed by atoms with Gasteiger partial charge in [0, 0.05) is 21.2 Å². The number of benzene rings is 2. The van der Waals surface area contributed by atoms with E-state index in [2.05, 4.69) is 52.4 Å². The predicted molar refractivity (Wildman–Crippen MR) is 87.6 cm³/mol. The lowest BCUT2D eigenvalue weighted by Crippen LogP contribution is -2.11. The zero-order chi connectivity index (χ0) is 14.5. The largest absolute Gasteiger partial charge is 0.313 e. The molecule has 0 heterocycles. The molecule has 1 unspecified atom stereocenters. The highest BCUT2D eigenvalue weighted by Gasteiger charge is 2.05. The molecule has 0 radical (unpaired) electrons. The smallest absolute Gasteiger partial charge is 0.128 e. The van der Waals surface area contributed by atoms with Crippen molar-refractivity contribution in [1.82, 2.24) is 5.32 Å². The average molecular weight is 354 g/mol. The third-order valence-corrected chi connectivity index (χ3v) is 4.78. The molecule has 0 amide bonds. The molecule has 0 saturated carbocycles. The molecule has 0 bridgehead atoms. The fourth-order valence-corrected chi connectivity index (χ4v) is 3.04. The van der Waals surface area contributed by atoms with E-state index in [1.54, 1.807) is 11.8 Å². The normalized spacial score (nSPS) is 12.4. The van der Waals surface area contributed by atoms with E-state index < -0.39 is 0 Å². The minimum Gasteiger partial charge on any atom is -0.313 e. The van der Waals surface area contributed by atoms with Crippen LogP contribution in [0.1, 0.15) is 24.1 Å². The Hall–Kier alpha value is -0.840. The third kappa shape index (κ3) is 4.08. The molecular weight excluding hydrogens is 337 g/mol. The van der Waals surface area contributed by atoms with Gasteiger partial charge in [0.25, 0.3) is 0 Å². The summed E-state index contributed by atoms with van der Waals surface area (Å²) >= 11 is 4.91. The first-order chi connectivity index (χ1) is 9.60. The van der Waals surface area contributed by atoms with E-state index >= 15 is 0 Å². The van der Waals surface area contributed by atoms with Crippen molar-refractivity contribution in [2.75, 3.05) is 7.05 Å². The Kier molecular flexibility index (Phi) is 5.64. The van der Waals surface area contributed by atoms with Gasteiger partial charge < -0.3 is 5.32 Å². The van der Waals surface area contributed by atoms with E-state index in [-0.39, 0.29) is 5.82 Å². The summed E-state index contributed by atoms with van der Waals surface area (Å²) in [5.74, 6) is 0.479. The summed E-state index contributed by atoms with van der Waals surface area (Å²) in [5.41, 5.74) is 1.98. The summed E-state index contributed by atoms with van der Waals surface area (Å²) in [4.78, 5) is 1.15. The summed E-state index contributed by atoms with van der Waals surface area (Å²) in [7, 11) is 1.95. The Morgan fingerprint density at radius 3 is 2.50 bits per heavy atom. The van der Waals surface area contributed by atoms with E-state index in [1.807, 2.05) is 19.2 Å². The van der Waals surface area contributed by atoms with Crippen molar-refractivity contribution in [2.24, 2.45) is 0 Å². The van der Waals surface area contributed by atoms with Gasteiger partial charge in [-0.05, 0) is 49.4 Å². The second-order valence-electron chi connectivity index (χ2n) is 4.60. The lowest BCUT2D eigenvalue weighted by atomic mass is 10.1. The van der Waals surface area contributed by atoms with E-state index in [9.17, 15) is 4.39 Å². The number of hydrogen-bond donors (Lipinski definition) is 1. The van der Waals surface area contributed by atoms with Gasteiger partial charge in [-0.1, -0.05) is 34.1 Å². The third-order valence-electron chi connectivity index (χ3n) is 3.22. The van der Waals surface area contributed by atoms with Crippen molar-refractivity contribution >= 4 is 27.7 Å². The zero-order valence-electron chi connectivity index (χ0n) is 11.5. The lowest BCUT2D eigenvalue weighted by molar-refractivity contribution is 0.616. The maximum atomic E-state index is 13.7. The fourth-order valence-electron chi connectivity index (χ4n) is 1.82. The minimum atomic E-state index is -0.160. The van der Waals surface area contributed by atoms with Gasteiger partial charge in [0.2, 0.25) is 0 Å². The Bertz CT molecular complexity index is 571. The van der Waals surface area contributed by atoms with E-state index in [4.69, 9.17) is 0 Å². The van der Waals surface area contributed by atoms with E-state index in [0.717, 1.165) is 14.9 Å². The molecule has 2 rings (SSSR count). The molecular formula is C16H17BrFNS. The van der Waals surface area contributed by atoms with Gasteiger partial charge in [0.15, 0.2) is 0 Å². The van der Waals surface area contributed by atoms with Gasteiger partial charge in [0.1, 0.15) is 5.82 Å². The van der Waals surface area contributed by atoms with Crippen LogP contribution in [-0.2, 0) is 5.75 Å². The van der Waals surface area contributed by atoms with Crippen molar-refractivity contribution < 1.29 is 4.39 Å². The molecule has 20 heavy (non-hydrogen) atoms. The molecule has 0 aliphatic carbocycles. The van der Waals surface area contributed by atoms with Crippen LogP contribution >= 0.6 is 27.7 Å². The monoisotopic (exact) mass is 353 g/mol. The maximum Gasteiger partial charge on any atom is 0.128 e. The van der Waals surface area contributed by atoms with Crippen LogP contribution in [0.25, 0.3) is 0 Å². The molecule has 1 N–H and O–H groups in total.